The summed E-state index contributed by atoms with van der Waals surface area (Å²) in [6.07, 6.45) is 7.72. The molecule has 0 heterocycles. The quantitative estimate of drug-likeness (QED) is 0.642. The summed E-state index contributed by atoms with van der Waals surface area (Å²) in [5, 5.41) is 0.141. The van der Waals surface area contributed by atoms with Crippen LogP contribution in [-0.2, 0) is 9.59 Å². The monoisotopic (exact) mass is 194 g/mol. The Morgan fingerprint density at radius 2 is 1.46 bits per heavy atom. The average Bonchev–Trinajstić information content (AvgIpc) is 2.54. The molecular formula is C10H14O2Si. The molecule has 3 heteroatoms. The molecule has 0 aromatic carbocycles. The predicted octanol–water partition coefficient (Wildman–Crippen LogP) is 1.82. The van der Waals surface area contributed by atoms with E-state index in [1.165, 1.54) is 13.8 Å². The van der Waals surface area contributed by atoms with Crippen molar-refractivity contribution < 1.29 is 9.59 Å². The summed E-state index contributed by atoms with van der Waals surface area (Å²) in [6.45, 7) is 4.92. The molecule has 0 amide bonds. The molecule has 0 radical (unpaired) electrons. The van der Waals surface area contributed by atoms with Crippen molar-refractivity contribution >= 4 is 18.9 Å². The van der Waals surface area contributed by atoms with Crippen LogP contribution in [0.5, 0.6) is 0 Å². The Labute approximate surface area is 79.3 Å². The summed E-state index contributed by atoms with van der Waals surface area (Å²) >= 11 is 0. The Balaban J connectivity index is 3.04. The maximum Gasteiger partial charge on any atom is 0.214 e. The van der Waals surface area contributed by atoms with Gasteiger partial charge in [-0.05, 0) is 13.8 Å². The fraction of sp³-hybridized carbons (Fsp3) is 0.400. The van der Waals surface area contributed by atoms with Gasteiger partial charge in [-0.3, -0.25) is 0 Å². The van der Waals surface area contributed by atoms with Crippen LogP contribution in [0.3, 0.4) is 0 Å². The molecule has 0 fully saturated rings. The Kier molecular flexibility index (Phi) is 2.66. The summed E-state index contributed by atoms with van der Waals surface area (Å²) in [5.41, 5.74) is 0.0718. The fourth-order valence-corrected chi connectivity index (χ4v) is 3.96. The third-order valence-corrected chi connectivity index (χ3v) is 7.52. The summed E-state index contributed by atoms with van der Waals surface area (Å²) in [4.78, 5) is 22.9. The second-order valence-corrected chi connectivity index (χ2v) is 8.09. The van der Waals surface area contributed by atoms with Gasteiger partial charge in [-0.25, -0.2) is 0 Å². The van der Waals surface area contributed by atoms with Gasteiger partial charge in [-0.1, -0.05) is 30.9 Å². The lowest BCUT2D eigenvalue weighted by Gasteiger charge is -2.24. The molecule has 0 unspecified atom stereocenters. The molecule has 0 spiro atoms. The van der Waals surface area contributed by atoms with Crippen molar-refractivity contribution in [2.24, 2.45) is 0 Å². The third-order valence-electron chi connectivity index (χ3n) is 2.88. The molecule has 0 aromatic rings. The van der Waals surface area contributed by atoms with Crippen LogP contribution in [0.25, 0.3) is 0 Å². The topological polar surface area (TPSA) is 34.1 Å². The van der Waals surface area contributed by atoms with Gasteiger partial charge in [0.15, 0.2) is 0 Å². The Morgan fingerprint density at radius 3 is 1.77 bits per heavy atom. The molecular weight excluding hydrogens is 180 g/mol. The standard InChI is InChI=1S/C10H14O2Si/c1-8(11)13(3,9(2)12)10-6-4-5-7-10/h4-7,10H,1-3H3. The molecule has 70 valence electrons. The summed E-state index contributed by atoms with van der Waals surface area (Å²) < 4.78 is 0. The molecule has 1 aliphatic rings. The van der Waals surface area contributed by atoms with Crippen molar-refractivity contribution in [1.29, 1.82) is 0 Å². The normalized spacial score (nSPS) is 16.5. The molecule has 2 nitrogen and oxygen atoms in total. The number of rotatable bonds is 3. The van der Waals surface area contributed by atoms with Crippen LogP contribution < -0.4 is 0 Å². The highest BCUT2D eigenvalue weighted by molar-refractivity contribution is 7.25. The van der Waals surface area contributed by atoms with Crippen LogP contribution in [0, 0.1) is 0 Å². The van der Waals surface area contributed by atoms with Gasteiger partial charge in [0.2, 0.25) is 8.07 Å². The van der Waals surface area contributed by atoms with Gasteiger partial charge in [-0.2, -0.15) is 0 Å². The maximum absolute atomic E-state index is 11.5. The second kappa shape index (κ2) is 3.42. The minimum Gasteiger partial charge on any atom is -0.305 e. The first-order valence-electron chi connectivity index (χ1n) is 4.36. The zero-order valence-electron chi connectivity index (χ0n) is 8.20. The van der Waals surface area contributed by atoms with E-state index in [-0.39, 0.29) is 16.4 Å². The van der Waals surface area contributed by atoms with E-state index in [0.29, 0.717) is 0 Å². The lowest BCUT2D eigenvalue weighted by molar-refractivity contribution is -0.114. The highest BCUT2D eigenvalue weighted by atomic mass is 28.3. The fourth-order valence-electron chi connectivity index (χ4n) is 1.53. The molecule has 0 N–H and O–H groups in total. The molecule has 0 atom stereocenters. The Hall–Kier alpha value is -0.963. The van der Waals surface area contributed by atoms with Crippen LogP contribution >= 0.6 is 0 Å². The van der Waals surface area contributed by atoms with Crippen LogP contribution in [0.2, 0.25) is 12.1 Å². The van der Waals surface area contributed by atoms with Crippen molar-refractivity contribution in [3.05, 3.63) is 24.3 Å². The van der Waals surface area contributed by atoms with E-state index in [0.717, 1.165) is 0 Å². The molecule has 13 heavy (non-hydrogen) atoms. The zero-order valence-corrected chi connectivity index (χ0v) is 9.20. The summed E-state index contributed by atoms with van der Waals surface area (Å²) in [6, 6.07) is 0. The van der Waals surface area contributed by atoms with Gasteiger partial charge in [0.05, 0.1) is 0 Å². The third kappa shape index (κ3) is 1.56. The van der Waals surface area contributed by atoms with Crippen molar-refractivity contribution in [2.75, 3.05) is 0 Å². The number of carbonyl (C=O) groups is 2. The average molecular weight is 194 g/mol. The van der Waals surface area contributed by atoms with E-state index in [1.54, 1.807) is 0 Å². The van der Waals surface area contributed by atoms with Crippen molar-refractivity contribution in [1.82, 2.24) is 0 Å². The number of carbonyl (C=O) groups excluding carboxylic acids is 2. The molecule has 0 saturated heterocycles. The molecule has 0 bridgehead atoms. The van der Waals surface area contributed by atoms with Crippen LogP contribution in [0.15, 0.2) is 24.3 Å². The van der Waals surface area contributed by atoms with E-state index in [4.69, 9.17) is 0 Å². The van der Waals surface area contributed by atoms with Crippen molar-refractivity contribution in [3.8, 4) is 0 Å². The molecule has 0 aliphatic heterocycles. The highest BCUT2D eigenvalue weighted by Crippen LogP contribution is 2.29. The molecule has 1 aliphatic carbocycles. The lowest BCUT2D eigenvalue weighted by atomic mass is 10.5. The summed E-state index contributed by atoms with van der Waals surface area (Å²) in [7, 11) is -2.42. The predicted molar refractivity (Wildman–Crippen MR) is 55.0 cm³/mol. The number of hydrogen-bond acceptors (Lipinski definition) is 2. The second-order valence-electron chi connectivity index (χ2n) is 3.61. The highest BCUT2D eigenvalue weighted by Gasteiger charge is 2.44. The minimum absolute atomic E-state index is 0.0706. The summed E-state index contributed by atoms with van der Waals surface area (Å²) in [5.74, 6) is 0. The van der Waals surface area contributed by atoms with Gasteiger partial charge < -0.3 is 9.59 Å². The first-order chi connectivity index (χ1) is 5.99. The van der Waals surface area contributed by atoms with E-state index in [9.17, 15) is 9.59 Å². The SMILES string of the molecule is CC(=O)[Si](C)(C(C)=O)C1C=CC=C1. The maximum atomic E-state index is 11.5. The van der Waals surface area contributed by atoms with Gasteiger partial charge in [0.25, 0.3) is 0 Å². The molecule has 1 rings (SSSR count). The molecule has 0 aromatic heterocycles. The minimum atomic E-state index is -2.42. The number of hydrogen-bond donors (Lipinski definition) is 0. The Bertz CT molecular complexity index is 276. The van der Waals surface area contributed by atoms with E-state index in [2.05, 4.69) is 0 Å². The van der Waals surface area contributed by atoms with Crippen LogP contribution in [0.4, 0.5) is 0 Å². The lowest BCUT2D eigenvalue weighted by Crippen LogP contribution is -2.50. The van der Waals surface area contributed by atoms with Gasteiger partial charge >= 0.3 is 0 Å². The van der Waals surface area contributed by atoms with E-state index in [1.807, 2.05) is 30.9 Å². The smallest absolute Gasteiger partial charge is 0.214 e. The van der Waals surface area contributed by atoms with E-state index < -0.39 is 8.07 Å². The number of allylic oxidation sites excluding steroid dienone is 4. The van der Waals surface area contributed by atoms with Crippen molar-refractivity contribution in [2.45, 2.75) is 25.9 Å². The molecule has 0 saturated carbocycles. The first-order valence-corrected chi connectivity index (χ1v) is 6.94. The van der Waals surface area contributed by atoms with Gasteiger partial charge in [-0.15, -0.1) is 0 Å². The van der Waals surface area contributed by atoms with Crippen LogP contribution in [-0.4, -0.2) is 18.9 Å². The van der Waals surface area contributed by atoms with Gasteiger partial charge in [0.1, 0.15) is 10.8 Å². The van der Waals surface area contributed by atoms with Gasteiger partial charge in [0, 0.05) is 5.54 Å². The Morgan fingerprint density at radius 1 is 1.08 bits per heavy atom. The van der Waals surface area contributed by atoms with Crippen molar-refractivity contribution in [3.63, 3.8) is 0 Å². The zero-order chi connectivity index (χ0) is 10.1. The first kappa shape index (κ1) is 10.1. The largest absolute Gasteiger partial charge is 0.305 e. The van der Waals surface area contributed by atoms with Crippen LogP contribution in [0.1, 0.15) is 13.8 Å². The van der Waals surface area contributed by atoms with E-state index >= 15 is 0 Å².